The van der Waals surface area contributed by atoms with E-state index in [-0.39, 0.29) is 5.91 Å². The van der Waals surface area contributed by atoms with Gasteiger partial charge in [-0.3, -0.25) is 4.79 Å². The highest BCUT2D eigenvalue weighted by atomic mass is 16.1. The molecule has 124 valence electrons. The molecule has 2 aromatic carbocycles. The van der Waals surface area contributed by atoms with Crippen LogP contribution in [0.5, 0.6) is 0 Å². The lowest BCUT2D eigenvalue weighted by molar-refractivity contribution is -0.116. The maximum Gasteiger partial charge on any atom is 0.252 e. The molecule has 0 spiro atoms. The van der Waals surface area contributed by atoms with E-state index < -0.39 is 0 Å². The molecule has 3 nitrogen and oxygen atoms in total. The highest BCUT2D eigenvalue weighted by Gasteiger charge is 2.19. The van der Waals surface area contributed by atoms with Crippen molar-refractivity contribution in [1.82, 2.24) is 5.32 Å². The number of anilines is 1. The van der Waals surface area contributed by atoms with E-state index in [4.69, 9.17) is 5.73 Å². The van der Waals surface area contributed by atoms with Crippen molar-refractivity contribution in [2.75, 3.05) is 5.73 Å². The largest absolute Gasteiger partial charge is 0.399 e. The molecule has 2 aromatic rings. The van der Waals surface area contributed by atoms with Gasteiger partial charge in [0.1, 0.15) is 0 Å². The van der Waals surface area contributed by atoms with E-state index in [1.54, 1.807) is 0 Å². The molecule has 1 saturated carbocycles. The molecule has 0 bridgehead atoms. The predicted molar refractivity (Wildman–Crippen MR) is 100 cm³/mol. The molecular formula is C21H24N2O. The van der Waals surface area contributed by atoms with Crippen LogP contribution in [0, 0.1) is 0 Å². The van der Waals surface area contributed by atoms with Gasteiger partial charge in [-0.2, -0.15) is 0 Å². The van der Waals surface area contributed by atoms with Gasteiger partial charge in [-0.1, -0.05) is 61.7 Å². The fraction of sp³-hybridized carbons (Fsp3) is 0.286. The zero-order valence-electron chi connectivity index (χ0n) is 13.9. The zero-order valence-corrected chi connectivity index (χ0v) is 13.9. The Morgan fingerprint density at radius 2 is 1.62 bits per heavy atom. The predicted octanol–water partition coefficient (Wildman–Crippen LogP) is 4.26. The number of rotatable bonds is 4. The summed E-state index contributed by atoms with van der Waals surface area (Å²) in [6, 6.07) is 17.7. The summed E-state index contributed by atoms with van der Waals surface area (Å²) in [6.45, 7) is 0. The van der Waals surface area contributed by atoms with Crippen molar-refractivity contribution in [2.24, 2.45) is 0 Å². The molecule has 3 heteroatoms. The number of nitrogens with one attached hydrogen (secondary N) is 1. The summed E-state index contributed by atoms with van der Waals surface area (Å²) in [5.41, 5.74) is 9.08. The fourth-order valence-electron chi connectivity index (χ4n) is 3.17. The Hall–Kier alpha value is -2.55. The summed E-state index contributed by atoms with van der Waals surface area (Å²) < 4.78 is 0. The van der Waals surface area contributed by atoms with Crippen molar-refractivity contribution in [3.63, 3.8) is 0 Å². The van der Waals surface area contributed by atoms with Crippen molar-refractivity contribution in [2.45, 2.75) is 38.1 Å². The van der Waals surface area contributed by atoms with Crippen molar-refractivity contribution in [3.8, 4) is 0 Å². The minimum atomic E-state index is 0.00456. The van der Waals surface area contributed by atoms with E-state index in [0.29, 0.717) is 11.6 Å². The molecule has 1 fully saturated rings. The van der Waals surface area contributed by atoms with Crippen LogP contribution in [0.15, 0.2) is 54.6 Å². The number of carbonyl (C=O) groups excluding carboxylic acids is 1. The number of nitrogens with two attached hydrogens (primary N) is 1. The molecule has 0 unspecified atom stereocenters. The Morgan fingerprint density at radius 1 is 0.958 bits per heavy atom. The monoisotopic (exact) mass is 320 g/mol. The molecule has 3 rings (SSSR count). The normalized spacial score (nSPS) is 15.9. The molecular weight excluding hydrogens is 296 g/mol. The van der Waals surface area contributed by atoms with Crippen LogP contribution < -0.4 is 11.1 Å². The number of hydrogen-bond donors (Lipinski definition) is 2. The van der Waals surface area contributed by atoms with Crippen LogP contribution in [-0.4, -0.2) is 11.9 Å². The second-order valence-electron chi connectivity index (χ2n) is 6.40. The van der Waals surface area contributed by atoms with Gasteiger partial charge in [-0.15, -0.1) is 0 Å². The number of nitrogen functional groups attached to an aromatic ring is 1. The first-order valence-electron chi connectivity index (χ1n) is 8.66. The van der Waals surface area contributed by atoms with E-state index in [2.05, 4.69) is 5.32 Å². The highest BCUT2D eigenvalue weighted by Crippen LogP contribution is 2.22. The lowest BCUT2D eigenvalue weighted by atomic mass is 9.94. The second kappa shape index (κ2) is 7.82. The van der Waals surface area contributed by atoms with E-state index in [1.165, 1.54) is 19.3 Å². The van der Waals surface area contributed by atoms with Crippen LogP contribution >= 0.6 is 0 Å². The molecule has 1 amide bonds. The zero-order chi connectivity index (χ0) is 16.8. The SMILES string of the molecule is Nc1ccc(/C=C(\C(=O)NC2CCCCC2)c2ccccc2)cc1. The van der Waals surface area contributed by atoms with E-state index in [0.717, 1.165) is 29.7 Å². The Labute approximate surface area is 143 Å². The molecule has 0 heterocycles. The summed E-state index contributed by atoms with van der Waals surface area (Å²) in [7, 11) is 0. The Kier molecular flexibility index (Phi) is 5.32. The third-order valence-corrected chi connectivity index (χ3v) is 4.52. The summed E-state index contributed by atoms with van der Waals surface area (Å²) in [6.07, 6.45) is 7.78. The minimum Gasteiger partial charge on any atom is -0.399 e. The van der Waals surface area contributed by atoms with Gasteiger partial charge in [0, 0.05) is 17.3 Å². The Balaban J connectivity index is 1.87. The van der Waals surface area contributed by atoms with Crippen molar-refractivity contribution in [3.05, 3.63) is 65.7 Å². The van der Waals surface area contributed by atoms with E-state index in [9.17, 15) is 4.79 Å². The molecule has 0 atom stereocenters. The van der Waals surface area contributed by atoms with Gasteiger partial charge >= 0.3 is 0 Å². The van der Waals surface area contributed by atoms with Crippen LogP contribution in [0.2, 0.25) is 0 Å². The summed E-state index contributed by atoms with van der Waals surface area (Å²) >= 11 is 0. The van der Waals surface area contributed by atoms with E-state index in [1.807, 2.05) is 60.7 Å². The standard InChI is InChI=1S/C21H24N2O/c22-18-13-11-16(12-14-18)15-20(17-7-3-1-4-8-17)21(24)23-19-9-5-2-6-10-19/h1,3-4,7-8,11-15,19H,2,5-6,9-10,22H2,(H,23,24)/b20-15-. The molecule has 0 saturated heterocycles. The van der Waals surface area contributed by atoms with E-state index >= 15 is 0 Å². The maximum absolute atomic E-state index is 12.9. The summed E-state index contributed by atoms with van der Waals surface area (Å²) in [4.78, 5) is 12.9. The first-order valence-corrected chi connectivity index (χ1v) is 8.66. The molecule has 0 aromatic heterocycles. The number of amides is 1. The van der Waals surface area contributed by atoms with Crippen LogP contribution in [0.3, 0.4) is 0 Å². The Morgan fingerprint density at radius 3 is 2.29 bits per heavy atom. The topological polar surface area (TPSA) is 55.1 Å². The quantitative estimate of drug-likeness (QED) is 0.502. The molecule has 0 radical (unpaired) electrons. The van der Waals surface area contributed by atoms with Crippen LogP contribution in [0.1, 0.15) is 43.2 Å². The number of hydrogen-bond acceptors (Lipinski definition) is 2. The van der Waals surface area contributed by atoms with Gasteiger partial charge in [0.2, 0.25) is 0 Å². The lowest BCUT2D eigenvalue weighted by Crippen LogP contribution is -2.36. The van der Waals surface area contributed by atoms with Gasteiger partial charge in [-0.25, -0.2) is 0 Å². The first-order chi connectivity index (χ1) is 11.7. The Bertz CT molecular complexity index is 698. The fourth-order valence-corrected chi connectivity index (χ4v) is 3.17. The summed E-state index contributed by atoms with van der Waals surface area (Å²) in [5.74, 6) is 0.00456. The van der Waals surface area contributed by atoms with Crippen LogP contribution in [0.25, 0.3) is 11.6 Å². The smallest absolute Gasteiger partial charge is 0.252 e. The maximum atomic E-state index is 12.9. The lowest BCUT2D eigenvalue weighted by Gasteiger charge is -2.23. The van der Waals surface area contributed by atoms with Gasteiger partial charge in [-0.05, 0) is 42.2 Å². The molecule has 24 heavy (non-hydrogen) atoms. The van der Waals surface area contributed by atoms with Crippen molar-refractivity contribution >= 4 is 23.2 Å². The van der Waals surface area contributed by atoms with Crippen LogP contribution in [-0.2, 0) is 4.79 Å². The molecule has 3 N–H and O–H groups in total. The van der Waals surface area contributed by atoms with Crippen molar-refractivity contribution in [1.29, 1.82) is 0 Å². The second-order valence-corrected chi connectivity index (χ2v) is 6.40. The third-order valence-electron chi connectivity index (χ3n) is 4.52. The third kappa shape index (κ3) is 4.25. The van der Waals surface area contributed by atoms with Gasteiger partial charge in [0.25, 0.3) is 5.91 Å². The van der Waals surface area contributed by atoms with Gasteiger partial charge in [0.15, 0.2) is 0 Å². The summed E-state index contributed by atoms with van der Waals surface area (Å²) in [5, 5.41) is 3.22. The average molecular weight is 320 g/mol. The minimum absolute atomic E-state index is 0.00456. The molecule has 1 aliphatic carbocycles. The van der Waals surface area contributed by atoms with Crippen molar-refractivity contribution < 1.29 is 4.79 Å². The average Bonchev–Trinajstić information content (AvgIpc) is 2.63. The molecule has 0 aliphatic heterocycles. The van der Waals surface area contributed by atoms with Crippen LogP contribution in [0.4, 0.5) is 5.69 Å². The molecule has 1 aliphatic rings. The number of benzene rings is 2. The van der Waals surface area contributed by atoms with Gasteiger partial charge in [0.05, 0.1) is 0 Å². The first kappa shape index (κ1) is 16.3. The van der Waals surface area contributed by atoms with Gasteiger partial charge < -0.3 is 11.1 Å². The highest BCUT2D eigenvalue weighted by molar-refractivity contribution is 6.24. The number of carbonyl (C=O) groups is 1.